The Balaban J connectivity index is 2.15. The van der Waals surface area contributed by atoms with Crippen molar-refractivity contribution in [2.24, 2.45) is 0 Å². The van der Waals surface area contributed by atoms with Gasteiger partial charge in [0.25, 0.3) is 0 Å². The molecule has 0 unspecified atom stereocenters. The first kappa shape index (κ1) is 10.4. The fourth-order valence-electron chi connectivity index (χ4n) is 1.19. The van der Waals surface area contributed by atoms with E-state index in [4.69, 9.17) is 4.52 Å². The molecule has 0 atom stereocenters. The summed E-state index contributed by atoms with van der Waals surface area (Å²) in [7, 11) is 0. The van der Waals surface area contributed by atoms with Gasteiger partial charge in [0.2, 0.25) is 5.89 Å². The molecule has 0 N–H and O–H groups in total. The molecule has 80 valence electrons. The first-order chi connectivity index (χ1) is 7.05. The van der Waals surface area contributed by atoms with Crippen LogP contribution in [0.4, 0.5) is 0 Å². The number of hydrogen-bond acceptors (Lipinski definition) is 4. The number of rotatable bonds is 2. The topological polar surface area (TPSA) is 38.9 Å². The van der Waals surface area contributed by atoms with Gasteiger partial charge in [-0.3, -0.25) is 0 Å². The molecule has 2 rings (SSSR count). The Hall–Kier alpha value is -1.16. The van der Waals surface area contributed by atoms with Crippen LogP contribution in [0.2, 0.25) is 0 Å². The molecule has 0 spiro atoms. The maximum absolute atomic E-state index is 5.21. The molecule has 3 nitrogen and oxygen atoms in total. The Morgan fingerprint density at radius 1 is 1.40 bits per heavy atom. The average molecular weight is 222 g/mol. The molecule has 15 heavy (non-hydrogen) atoms. The van der Waals surface area contributed by atoms with Gasteiger partial charge in [-0.25, -0.2) is 0 Å². The maximum atomic E-state index is 5.21. The minimum atomic E-state index is -0.0444. The van der Waals surface area contributed by atoms with Gasteiger partial charge in [-0.15, -0.1) is 11.3 Å². The summed E-state index contributed by atoms with van der Waals surface area (Å²) in [6.07, 6.45) is 0.737. The number of thiophene rings is 1. The summed E-state index contributed by atoms with van der Waals surface area (Å²) in [5, 5.41) is 6.04. The summed E-state index contributed by atoms with van der Waals surface area (Å²) in [6, 6.07) is 4.10. The molecule has 4 heteroatoms. The molecule has 2 heterocycles. The quantitative estimate of drug-likeness (QED) is 0.784. The molecular formula is C11H14N2OS. The highest BCUT2D eigenvalue weighted by molar-refractivity contribution is 7.09. The van der Waals surface area contributed by atoms with E-state index in [1.165, 1.54) is 4.88 Å². The monoisotopic (exact) mass is 222 g/mol. The highest BCUT2D eigenvalue weighted by Crippen LogP contribution is 2.20. The first-order valence-electron chi connectivity index (χ1n) is 4.91. The molecular weight excluding hydrogens is 208 g/mol. The molecule has 0 aromatic carbocycles. The number of nitrogens with zero attached hydrogens (tertiary/aromatic N) is 2. The van der Waals surface area contributed by atoms with Crippen LogP contribution in [0.3, 0.4) is 0 Å². The van der Waals surface area contributed by atoms with Crippen LogP contribution in [0.15, 0.2) is 22.0 Å². The summed E-state index contributed by atoms with van der Waals surface area (Å²) in [5.41, 5.74) is -0.0444. The third-order valence-corrected chi connectivity index (χ3v) is 2.92. The largest absolute Gasteiger partial charge is 0.339 e. The van der Waals surface area contributed by atoms with Crippen molar-refractivity contribution >= 4 is 11.3 Å². The standard InChI is InChI=1S/C11H14N2OS/c1-11(2,3)10-12-9(14-13-10)7-8-5-4-6-15-8/h4-6H,7H2,1-3H3. The zero-order valence-electron chi connectivity index (χ0n) is 9.15. The lowest BCUT2D eigenvalue weighted by Gasteiger charge is -2.10. The molecule has 2 aromatic rings. The third kappa shape index (κ3) is 2.45. The predicted octanol–water partition coefficient (Wildman–Crippen LogP) is 3.02. The molecule has 0 aliphatic rings. The molecule has 0 saturated heterocycles. The minimum Gasteiger partial charge on any atom is -0.339 e. The van der Waals surface area contributed by atoms with Crippen LogP contribution < -0.4 is 0 Å². The summed E-state index contributed by atoms with van der Waals surface area (Å²) in [6.45, 7) is 6.23. The Kier molecular flexibility index (Phi) is 2.61. The smallest absolute Gasteiger partial charge is 0.231 e. The van der Waals surface area contributed by atoms with Gasteiger partial charge in [-0.2, -0.15) is 4.98 Å². The van der Waals surface area contributed by atoms with Crippen LogP contribution >= 0.6 is 11.3 Å². The summed E-state index contributed by atoms with van der Waals surface area (Å²) in [5.74, 6) is 1.47. The summed E-state index contributed by atoms with van der Waals surface area (Å²) in [4.78, 5) is 5.63. The molecule has 0 saturated carbocycles. The van der Waals surface area contributed by atoms with Crippen molar-refractivity contribution in [3.63, 3.8) is 0 Å². The minimum absolute atomic E-state index is 0.0444. The second-order valence-electron chi connectivity index (χ2n) is 4.52. The second kappa shape index (κ2) is 3.77. The normalized spacial score (nSPS) is 11.9. The Morgan fingerprint density at radius 2 is 2.20 bits per heavy atom. The fraction of sp³-hybridized carbons (Fsp3) is 0.455. The van der Waals surface area contributed by atoms with E-state index in [1.807, 2.05) is 6.07 Å². The second-order valence-corrected chi connectivity index (χ2v) is 5.55. The molecule has 0 amide bonds. The summed E-state index contributed by atoms with van der Waals surface area (Å²) >= 11 is 1.71. The van der Waals surface area contributed by atoms with Gasteiger partial charge in [0.1, 0.15) is 0 Å². The molecule has 0 aliphatic heterocycles. The zero-order valence-corrected chi connectivity index (χ0v) is 9.97. The third-order valence-electron chi connectivity index (χ3n) is 2.04. The van der Waals surface area contributed by atoms with E-state index in [-0.39, 0.29) is 5.41 Å². The molecule has 0 bridgehead atoms. The van der Waals surface area contributed by atoms with Crippen LogP contribution in [0.25, 0.3) is 0 Å². The number of hydrogen-bond donors (Lipinski definition) is 0. The number of aromatic nitrogens is 2. The lowest BCUT2D eigenvalue weighted by molar-refractivity contribution is 0.368. The van der Waals surface area contributed by atoms with E-state index < -0.39 is 0 Å². The van der Waals surface area contributed by atoms with E-state index in [0.717, 1.165) is 12.2 Å². The molecule has 0 aliphatic carbocycles. The van der Waals surface area contributed by atoms with Crippen LogP contribution in [0.1, 0.15) is 37.4 Å². The van der Waals surface area contributed by atoms with E-state index in [1.54, 1.807) is 11.3 Å². The van der Waals surface area contributed by atoms with Crippen molar-refractivity contribution in [3.8, 4) is 0 Å². The maximum Gasteiger partial charge on any atom is 0.231 e. The van der Waals surface area contributed by atoms with Gasteiger partial charge >= 0.3 is 0 Å². The van der Waals surface area contributed by atoms with E-state index in [9.17, 15) is 0 Å². The lowest BCUT2D eigenvalue weighted by atomic mass is 9.96. The van der Waals surface area contributed by atoms with Crippen molar-refractivity contribution in [3.05, 3.63) is 34.1 Å². The van der Waals surface area contributed by atoms with Crippen molar-refractivity contribution in [2.45, 2.75) is 32.6 Å². The lowest BCUT2D eigenvalue weighted by Crippen LogP contribution is -2.13. The SMILES string of the molecule is CC(C)(C)c1noc(Cc2cccs2)n1. The average Bonchev–Trinajstić information content (AvgIpc) is 2.73. The highest BCUT2D eigenvalue weighted by Gasteiger charge is 2.20. The summed E-state index contributed by atoms with van der Waals surface area (Å²) < 4.78 is 5.21. The van der Waals surface area contributed by atoms with Gasteiger partial charge in [-0.1, -0.05) is 32.0 Å². The van der Waals surface area contributed by atoms with Crippen LogP contribution in [-0.4, -0.2) is 10.1 Å². The van der Waals surface area contributed by atoms with Crippen LogP contribution in [0.5, 0.6) is 0 Å². The zero-order chi connectivity index (χ0) is 10.9. The van der Waals surface area contributed by atoms with Crippen LogP contribution in [0, 0.1) is 0 Å². The van der Waals surface area contributed by atoms with Crippen LogP contribution in [-0.2, 0) is 11.8 Å². The van der Waals surface area contributed by atoms with Gasteiger partial charge in [-0.05, 0) is 11.4 Å². The molecule has 0 fully saturated rings. The van der Waals surface area contributed by atoms with Gasteiger partial charge in [0, 0.05) is 10.3 Å². The Morgan fingerprint density at radius 3 is 2.73 bits per heavy atom. The fourth-order valence-corrected chi connectivity index (χ4v) is 1.89. The van der Waals surface area contributed by atoms with Crippen molar-refractivity contribution in [1.82, 2.24) is 10.1 Å². The van der Waals surface area contributed by atoms with E-state index in [2.05, 4.69) is 42.4 Å². The first-order valence-corrected chi connectivity index (χ1v) is 5.79. The van der Waals surface area contributed by atoms with Gasteiger partial charge in [0.05, 0.1) is 6.42 Å². The van der Waals surface area contributed by atoms with E-state index >= 15 is 0 Å². The van der Waals surface area contributed by atoms with Gasteiger partial charge in [0.15, 0.2) is 5.82 Å². The predicted molar refractivity (Wildman–Crippen MR) is 60.1 cm³/mol. The van der Waals surface area contributed by atoms with Gasteiger partial charge < -0.3 is 4.52 Å². The van der Waals surface area contributed by atoms with E-state index in [0.29, 0.717) is 5.89 Å². The van der Waals surface area contributed by atoms with Crippen molar-refractivity contribution in [2.75, 3.05) is 0 Å². The Bertz CT molecular complexity index is 426. The highest BCUT2D eigenvalue weighted by atomic mass is 32.1. The molecule has 0 radical (unpaired) electrons. The molecule has 2 aromatic heterocycles. The van der Waals surface area contributed by atoms with Crippen molar-refractivity contribution < 1.29 is 4.52 Å². The van der Waals surface area contributed by atoms with Crippen molar-refractivity contribution in [1.29, 1.82) is 0 Å². The Labute approximate surface area is 93.1 Å².